The summed E-state index contributed by atoms with van der Waals surface area (Å²) in [7, 11) is -3.37. The zero-order valence-electron chi connectivity index (χ0n) is 21.1. The minimum atomic E-state index is -3.37. The van der Waals surface area contributed by atoms with E-state index < -0.39 is 21.8 Å². The van der Waals surface area contributed by atoms with Gasteiger partial charge in [0.25, 0.3) is 11.8 Å². The first kappa shape index (κ1) is 26.1. The van der Waals surface area contributed by atoms with Crippen LogP contribution in [0, 0.1) is 0 Å². The first-order valence-electron chi connectivity index (χ1n) is 12.6. The van der Waals surface area contributed by atoms with Crippen molar-refractivity contribution in [2.75, 3.05) is 30.0 Å². The molecule has 5 rings (SSSR count). The summed E-state index contributed by atoms with van der Waals surface area (Å²) in [5.41, 5.74) is 12.3. The van der Waals surface area contributed by atoms with Crippen LogP contribution in [0.2, 0.25) is 0 Å². The van der Waals surface area contributed by atoms with Gasteiger partial charge in [-0.2, -0.15) is 10.2 Å². The second-order valence-corrected chi connectivity index (χ2v) is 11.9. The van der Waals surface area contributed by atoms with E-state index >= 15 is 0 Å². The van der Waals surface area contributed by atoms with Crippen LogP contribution in [0.3, 0.4) is 0 Å². The fourth-order valence-electron chi connectivity index (χ4n) is 5.12. The van der Waals surface area contributed by atoms with Gasteiger partial charge in [-0.25, -0.2) is 22.2 Å². The molecule has 0 radical (unpaired) electrons. The molecule has 1 saturated heterocycles. The molecule has 1 saturated carbocycles. The number of fused-ring (bicyclic) bond motifs is 1. The van der Waals surface area contributed by atoms with E-state index in [2.05, 4.69) is 25.8 Å². The lowest BCUT2D eigenvalue weighted by atomic mass is 9.91. The van der Waals surface area contributed by atoms with Crippen LogP contribution in [0.1, 0.15) is 65.4 Å². The van der Waals surface area contributed by atoms with Gasteiger partial charge in [0, 0.05) is 37.6 Å². The van der Waals surface area contributed by atoms with Gasteiger partial charge < -0.3 is 22.1 Å². The smallest absolute Gasteiger partial charge is 0.271 e. The summed E-state index contributed by atoms with van der Waals surface area (Å²) < 4.78 is 28.4. The maximum atomic E-state index is 13.3. The van der Waals surface area contributed by atoms with Crippen LogP contribution in [-0.4, -0.2) is 80.3 Å². The van der Waals surface area contributed by atoms with Crippen LogP contribution >= 0.6 is 0 Å². The van der Waals surface area contributed by atoms with Gasteiger partial charge in [0.2, 0.25) is 10.0 Å². The Morgan fingerprint density at radius 2 is 1.95 bits per heavy atom. The van der Waals surface area contributed by atoms with Crippen LogP contribution in [-0.2, 0) is 10.0 Å². The van der Waals surface area contributed by atoms with Crippen molar-refractivity contribution in [1.82, 2.24) is 28.7 Å². The van der Waals surface area contributed by atoms with Gasteiger partial charge in [-0.1, -0.05) is 12.8 Å². The summed E-state index contributed by atoms with van der Waals surface area (Å²) in [4.78, 5) is 30.0. The highest BCUT2D eigenvalue weighted by Gasteiger charge is 2.29. The molecule has 38 heavy (non-hydrogen) atoms. The Morgan fingerprint density at radius 1 is 1.16 bits per heavy atom. The number of aromatic nitrogens is 5. The van der Waals surface area contributed by atoms with Gasteiger partial charge in [-0.3, -0.25) is 14.3 Å². The van der Waals surface area contributed by atoms with Crippen LogP contribution in [0.5, 0.6) is 0 Å². The molecule has 6 N–H and O–H groups in total. The highest BCUT2D eigenvalue weighted by atomic mass is 32.2. The molecule has 2 amide bonds. The molecule has 2 aliphatic rings. The Balaban J connectivity index is 1.37. The molecule has 15 heteroatoms. The molecule has 0 bridgehead atoms. The Bertz CT molecular complexity index is 1470. The first-order valence-corrected chi connectivity index (χ1v) is 14.5. The van der Waals surface area contributed by atoms with E-state index in [9.17, 15) is 18.0 Å². The van der Waals surface area contributed by atoms with Gasteiger partial charge in [-0.05, 0) is 31.7 Å². The quantitative estimate of drug-likeness (QED) is 0.328. The van der Waals surface area contributed by atoms with Crippen molar-refractivity contribution < 1.29 is 18.0 Å². The molecule has 3 aromatic rings. The predicted octanol–water partition coefficient (Wildman–Crippen LogP) is 0.555. The van der Waals surface area contributed by atoms with Gasteiger partial charge in [-0.15, -0.1) is 0 Å². The average Bonchev–Trinajstić information content (AvgIpc) is 3.49. The number of nitrogens with zero attached hydrogens (tertiary/aromatic N) is 6. The van der Waals surface area contributed by atoms with Crippen molar-refractivity contribution >= 4 is 39.0 Å². The number of amides is 2. The molecule has 1 unspecified atom stereocenters. The third-order valence-corrected chi connectivity index (χ3v) is 8.45. The number of carbonyl (C=O) groups is 2. The fraction of sp³-hybridized carbons (Fsp3) is 0.522. The fourth-order valence-corrected chi connectivity index (χ4v) is 6.02. The van der Waals surface area contributed by atoms with Gasteiger partial charge in [0.05, 0.1) is 24.2 Å². The third-order valence-electron chi connectivity index (χ3n) is 7.18. The first-order chi connectivity index (χ1) is 18.1. The predicted molar refractivity (Wildman–Crippen MR) is 140 cm³/mol. The summed E-state index contributed by atoms with van der Waals surface area (Å²) in [6.07, 6.45) is 11.2. The molecule has 1 aliphatic carbocycles. The number of piperidine rings is 1. The highest BCUT2D eigenvalue weighted by Crippen LogP contribution is 2.26. The van der Waals surface area contributed by atoms with Crippen molar-refractivity contribution in [3.05, 3.63) is 35.9 Å². The molecule has 204 valence electrons. The van der Waals surface area contributed by atoms with Crippen LogP contribution in [0.15, 0.2) is 24.7 Å². The Labute approximate surface area is 219 Å². The van der Waals surface area contributed by atoms with Gasteiger partial charge >= 0.3 is 0 Å². The van der Waals surface area contributed by atoms with Crippen LogP contribution in [0.4, 0.5) is 11.5 Å². The maximum absolute atomic E-state index is 13.3. The number of rotatable bonds is 7. The Kier molecular flexibility index (Phi) is 7.07. The molecule has 4 heterocycles. The molecule has 14 nitrogen and oxygen atoms in total. The minimum Gasteiger partial charge on any atom is -0.366 e. The Hall–Kier alpha value is -3.56. The molecule has 0 aromatic carbocycles. The SMILES string of the molecule is CS(=O)(=O)N1CCCC(n2cc(NC(=O)c3cnn4ccc(N[C@@H]5CCCC[C@@H]5N)nc34)c(C(N)=O)n2)C1. The number of sulfonamides is 1. The van der Waals surface area contributed by atoms with Crippen molar-refractivity contribution in [3.63, 3.8) is 0 Å². The summed E-state index contributed by atoms with van der Waals surface area (Å²) in [5, 5.41) is 14.6. The number of primary amides is 1. The van der Waals surface area contributed by atoms with Crippen LogP contribution < -0.4 is 22.1 Å². The topological polar surface area (TPSA) is 196 Å². The summed E-state index contributed by atoms with van der Waals surface area (Å²) in [6, 6.07) is 1.61. The van der Waals surface area contributed by atoms with Crippen molar-refractivity contribution in [2.24, 2.45) is 11.5 Å². The largest absolute Gasteiger partial charge is 0.366 e. The minimum absolute atomic E-state index is 0.0342. The van der Waals surface area contributed by atoms with E-state index in [1.807, 2.05) is 0 Å². The Morgan fingerprint density at radius 3 is 2.68 bits per heavy atom. The number of nitrogens with two attached hydrogens (primary N) is 2. The van der Waals surface area contributed by atoms with E-state index in [-0.39, 0.29) is 41.6 Å². The van der Waals surface area contributed by atoms with Crippen molar-refractivity contribution in [1.29, 1.82) is 0 Å². The third kappa shape index (κ3) is 5.35. The van der Waals surface area contributed by atoms with E-state index in [4.69, 9.17) is 11.5 Å². The van der Waals surface area contributed by atoms with Crippen LogP contribution in [0.25, 0.3) is 5.65 Å². The summed E-state index contributed by atoms with van der Waals surface area (Å²) in [6.45, 7) is 0.638. The number of carbonyl (C=O) groups excluding carboxylic acids is 2. The summed E-state index contributed by atoms with van der Waals surface area (Å²) >= 11 is 0. The second-order valence-electron chi connectivity index (χ2n) is 9.95. The van der Waals surface area contributed by atoms with E-state index in [1.54, 1.807) is 12.3 Å². The zero-order valence-corrected chi connectivity index (χ0v) is 21.9. The lowest BCUT2D eigenvalue weighted by Gasteiger charge is -2.30. The molecular weight excluding hydrogens is 512 g/mol. The normalized spacial score (nSPS) is 22.8. The molecule has 3 aromatic heterocycles. The standard InChI is InChI=1S/C23H32N10O4S/c1-38(36,37)31-9-4-5-14(12-31)33-13-18(20(30-33)21(25)34)28-23(35)15-11-26-32-10-8-19(29-22(15)32)27-17-7-3-2-6-16(17)24/h8,10-11,13-14,16-17H,2-7,9,12,24H2,1H3,(H2,25,34)(H,27,29)(H,28,35)/t14?,16-,17+/m0/s1. The second kappa shape index (κ2) is 10.3. The molecule has 1 aliphatic heterocycles. The number of hydrogen-bond acceptors (Lipinski definition) is 9. The number of hydrogen-bond donors (Lipinski definition) is 4. The molecule has 2 fully saturated rings. The van der Waals surface area contributed by atoms with Crippen molar-refractivity contribution in [2.45, 2.75) is 56.7 Å². The van der Waals surface area contributed by atoms with E-state index in [0.29, 0.717) is 30.9 Å². The monoisotopic (exact) mass is 544 g/mol. The zero-order chi connectivity index (χ0) is 27.0. The lowest BCUT2D eigenvalue weighted by molar-refractivity contribution is 0.0994. The molecular formula is C23H32N10O4S. The number of nitrogens with one attached hydrogen (secondary N) is 2. The van der Waals surface area contributed by atoms with Gasteiger partial charge in [0.1, 0.15) is 11.4 Å². The highest BCUT2D eigenvalue weighted by molar-refractivity contribution is 7.88. The molecule has 0 spiro atoms. The van der Waals surface area contributed by atoms with E-state index in [1.165, 1.54) is 25.9 Å². The van der Waals surface area contributed by atoms with E-state index in [0.717, 1.165) is 31.9 Å². The summed E-state index contributed by atoms with van der Waals surface area (Å²) in [5.74, 6) is -0.765. The number of anilines is 2. The average molecular weight is 545 g/mol. The lowest BCUT2D eigenvalue weighted by Crippen LogP contribution is -2.42. The van der Waals surface area contributed by atoms with Crippen molar-refractivity contribution in [3.8, 4) is 0 Å². The molecule has 3 atom stereocenters. The maximum Gasteiger partial charge on any atom is 0.271 e. The van der Waals surface area contributed by atoms with Gasteiger partial charge in [0.15, 0.2) is 11.3 Å².